The van der Waals surface area contributed by atoms with Crippen molar-refractivity contribution in [1.29, 1.82) is 0 Å². The van der Waals surface area contributed by atoms with Gasteiger partial charge in [-0.15, -0.1) is 0 Å². The highest BCUT2D eigenvalue weighted by atomic mass is 79.9. The predicted molar refractivity (Wildman–Crippen MR) is 79.8 cm³/mol. The van der Waals surface area contributed by atoms with E-state index in [1.54, 1.807) is 0 Å². The van der Waals surface area contributed by atoms with Gasteiger partial charge in [-0.1, -0.05) is 0 Å². The Hall–Kier alpha value is -0.410. The largest absolute Gasteiger partial charge is 0.452 e. The topological polar surface area (TPSA) is 79.8 Å². The van der Waals surface area contributed by atoms with Gasteiger partial charge in [0.15, 0.2) is 4.67 Å². The third-order valence-corrected chi connectivity index (χ3v) is 6.34. The predicted octanol–water partition coefficient (Wildman–Crippen LogP) is 1.22. The molecule has 0 aliphatic carbocycles. The average Bonchev–Trinajstić information content (AvgIpc) is 2.81. The van der Waals surface area contributed by atoms with E-state index in [2.05, 4.69) is 20.8 Å². The molecular formula is C12H20BrN3O3S. The standard InChI is InChI=1S/C12H20BrN3O3S/c1-15(2)9-4-3-5-16(8-9)20(17,18)11-6-10(7-14)19-12(11)13/h6,9H,3-5,7-8,14H2,1-2H3. The van der Waals surface area contributed by atoms with Gasteiger partial charge in [-0.25, -0.2) is 8.42 Å². The lowest BCUT2D eigenvalue weighted by Crippen LogP contribution is -2.47. The van der Waals surface area contributed by atoms with E-state index < -0.39 is 10.0 Å². The molecule has 8 heteroatoms. The highest BCUT2D eigenvalue weighted by Crippen LogP contribution is 2.30. The summed E-state index contributed by atoms with van der Waals surface area (Å²) in [5.74, 6) is 0.455. The molecule has 0 saturated carbocycles. The van der Waals surface area contributed by atoms with Gasteiger partial charge < -0.3 is 15.1 Å². The van der Waals surface area contributed by atoms with E-state index >= 15 is 0 Å². The van der Waals surface area contributed by atoms with Crippen molar-refractivity contribution in [3.05, 3.63) is 16.5 Å². The van der Waals surface area contributed by atoms with Gasteiger partial charge in [0.2, 0.25) is 10.0 Å². The van der Waals surface area contributed by atoms with Crippen LogP contribution < -0.4 is 5.73 Å². The van der Waals surface area contributed by atoms with Crippen molar-refractivity contribution in [1.82, 2.24) is 9.21 Å². The van der Waals surface area contributed by atoms with Crippen molar-refractivity contribution in [2.75, 3.05) is 27.2 Å². The highest BCUT2D eigenvalue weighted by molar-refractivity contribution is 9.10. The van der Waals surface area contributed by atoms with Crippen LogP contribution in [0.1, 0.15) is 18.6 Å². The van der Waals surface area contributed by atoms with Gasteiger partial charge in [-0.2, -0.15) is 4.31 Å². The Bertz CT molecular complexity index is 571. The van der Waals surface area contributed by atoms with E-state index in [-0.39, 0.29) is 22.2 Å². The molecule has 1 aliphatic rings. The van der Waals surface area contributed by atoms with Crippen LogP contribution in [-0.2, 0) is 16.6 Å². The number of hydrogen-bond acceptors (Lipinski definition) is 5. The first-order valence-corrected chi connectivity index (χ1v) is 8.74. The monoisotopic (exact) mass is 365 g/mol. The molecule has 1 unspecified atom stereocenters. The van der Waals surface area contributed by atoms with Crippen molar-refractivity contribution in [2.45, 2.75) is 30.3 Å². The lowest BCUT2D eigenvalue weighted by Gasteiger charge is -2.35. The molecule has 1 aliphatic heterocycles. The summed E-state index contributed by atoms with van der Waals surface area (Å²) in [6.45, 7) is 1.22. The Kier molecular flexibility index (Phi) is 4.91. The summed E-state index contributed by atoms with van der Waals surface area (Å²) in [7, 11) is 0.409. The smallest absolute Gasteiger partial charge is 0.247 e. The molecule has 0 radical (unpaired) electrons. The SMILES string of the molecule is CN(C)C1CCCN(S(=O)(=O)c2cc(CN)oc2Br)C1. The summed E-state index contributed by atoms with van der Waals surface area (Å²) in [6, 6.07) is 1.75. The number of halogens is 1. The van der Waals surface area contributed by atoms with E-state index in [4.69, 9.17) is 10.2 Å². The first kappa shape index (κ1) is 16.0. The average molecular weight is 366 g/mol. The van der Waals surface area contributed by atoms with E-state index in [9.17, 15) is 8.42 Å². The van der Waals surface area contributed by atoms with Gasteiger partial charge >= 0.3 is 0 Å². The van der Waals surface area contributed by atoms with E-state index in [1.807, 2.05) is 14.1 Å². The molecule has 1 saturated heterocycles. The van der Waals surface area contributed by atoms with Crippen molar-refractivity contribution in [3.63, 3.8) is 0 Å². The van der Waals surface area contributed by atoms with Crippen LogP contribution in [0.25, 0.3) is 0 Å². The molecule has 2 heterocycles. The first-order valence-electron chi connectivity index (χ1n) is 6.51. The van der Waals surface area contributed by atoms with Crippen LogP contribution in [-0.4, -0.2) is 50.8 Å². The van der Waals surface area contributed by atoms with E-state index in [1.165, 1.54) is 10.4 Å². The number of sulfonamides is 1. The van der Waals surface area contributed by atoms with Gasteiger partial charge in [0.05, 0.1) is 6.54 Å². The maximum Gasteiger partial charge on any atom is 0.247 e. The fraction of sp³-hybridized carbons (Fsp3) is 0.667. The van der Waals surface area contributed by atoms with Gasteiger partial charge in [0, 0.05) is 25.2 Å². The quantitative estimate of drug-likeness (QED) is 0.867. The van der Waals surface area contributed by atoms with Crippen molar-refractivity contribution in [3.8, 4) is 0 Å². The number of nitrogens with zero attached hydrogens (tertiary/aromatic N) is 2. The van der Waals surface area contributed by atoms with Crippen LogP contribution in [0, 0.1) is 0 Å². The molecule has 0 aromatic carbocycles. The number of hydrogen-bond donors (Lipinski definition) is 1. The molecule has 1 fully saturated rings. The second kappa shape index (κ2) is 6.15. The molecule has 0 spiro atoms. The Balaban J connectivity index is 2.27. The van der Waals surface area contributed by atoms with Crippen molar-refractivity contribution < 1.29 is 12.8 Å². The van der Waals surface area contributed by atoms with Crippen molar-refractivity contribution >= 4 is 26.0 Å². The zero-order chi connectivity index (χ0) is 14.9. The minimum absolute atomic E-state index is 0.164. The van der Waals surface area contributed by atoms with Crippen LogP contribution in [0.2, 0.25) is 0 Å². The summed E-state index contributed by atoms with van der Waals surface area (Å²) in [4.78, 5) is 2.23. The lowest BCUT2D eigenvalue weighted by molar-refractivity contribution is 0.190. The Labute approximate surface area is 128 Å². The van der Waals surface area contributed by atoms with Gasteiger partial charge in [0.1, 0.15) is 10.7 Å². The molecule has 6 nitrogen and oxygen atoms in total. The number of furan rings is 1. The van der Waals surface area contributed by atoms with Gasteiger partial charge in [-0.3, -0.25) is 0 Å². The summed E-state index contributed by atoms with van der Waals surface area (Å²) in [5, 5.41) is 0. The summed E-state index contributed by atoms with van der Waals surface area (Å²) in [6.07, 6.45) is 1.88. The molecule has 2 N–H and O–H groups in total. The third kappa shape index (κ3) is 3.09. The summed E-state index contributed by atoms with van der Waals surface area (Å²) >= 11 is 3.17. The molecule has 2 rings (SSSR count). The van der Waals surface area contributed by atoms with E-state index in [0.29, 0.717) is 18.8 Å². The zero-order valence-electron chi connectivity index (χ0n) is 11.7. The van der Waals surface area contributed by atoms with Gasteiger partial charge in [0.25, 0.3) is 0 Å². The molecule has 114 valence electrons. The first-order chi connectivity index (χ1) is 9.36. The maximum atomic E-state index is 12.7. The van der Waals surface area contributed by atoms with Crippen molar-refractivity contribution in [2.24, 2.45) is 5.73 Å². The maximum absolute atomic E-state index is 12.7. The number of likely N-dealkylation sites (N-methyl/N-ethyl adjacent to an activating group) is 1. The molecule has 1 aromatic rings. The minimum Gasteiger partial charge on any atom is -0.452 e. The van der Waals surface area contributed by atoms with Crippen LogP contribution in [0.3, 0.4) is 0 Å². The molecule has 20 heavy (non-hydrogen) atoms. The Morgan fingerprint density at radius 3 is 2.80 bits per heavy atom. The number of rotatable bonds is 4. The van der Waals surface area contributed by atoms with E-state index in [0.717, 1.165) is 12.8 Å². The normalized spacial score (nSPS) is 21.6. The molecule has 0 bridgehead atoms. The Morgan fingerprint density at radius 2 is 2.25 bits per heavy atom. The third-order valence-electron chi connectivity index (χ3n) is 3.62. The highest BCUT2D eigenvalue weighted by Gasteiger charge is 2.33. The zero-order valence-corrected chi connectivity index (χ0v) is 14.1. The lowest BCUT2D eigenvalue weighted by atomic mass is 10.1. The molecule has 1 aromatic heterocycles. The fourth-order valence-electron chi connectivity index (χ4n) is 2.37. The van der Waals surface area contributed by atoms with Crippen LogP contribution in [0.4, 0.5) is 0 Å². The summed E-state index contributed by atoms with van der Waals surface area (Å²) < 4.78 is 32.4. The van der Waals surface area contributed by atoms with Crippen LogP contribution in [0.5, 0.6) is 0 Å². The molecular weight excluding hydrogens is 346 g/mol. The van der Waals surface area contributed by atoms with Crippen LogP contribution in [0.15, 0.2) is 20.0 Å². The second-order valence-corrected chi connectivity index (χ2v) is 7.80. The molecule has 0 amide bonds. The summed E-state index contributed by atoms with van der Waals surface area (Å²) in [5.41, 5.74) is 5.49. The number of nitrogens with two attached hydrogens (primary N) is 1. The second-order valence-electron chi connectivity index (χ2n) is 5.18. The minimum atomic E-state index is -3.54. The number of piperidine rings is 1. The Morgan fingerprint density at radius 1 is 1.55 bits per heavy atom. The van der Waals surface area contributed by atoms with Crippen LogP contribution >= 0.6 is 15.9 Å². The molecule has 1 atom stereocenters. The van der Waals surface area contributed by atoms with Gasteiger partial charge in [-0.05, 0) is 42.9 Å². The fourth-order valence-corrected chi connectivity index (χ4v) is 4.85.